The quantitative estimate of drug-likeness (QED) is 0.159. The first-order chi connectivity index (χ1) is 50.9. The highest BCUT2D eigenvalue weighted by molar-refractivity contribution is 7.00. The number of anilines is 6. The van der Waals surface area contributed by atoms with Crippen molar-refractivity contribution in [2.75, 3.05) is 9.80 Å². The van der Waals surface area contributed by atoms with Crippen molar-refractivity contribution >= 4 is 79.0 Å². The summed E-state index contributed by atoms with van der Waals surface area (Å²) >= 11 is 0. The number of nitrogens with zero attached hydrogens (tertiary/aromatic N) is 3. The predicted octanol–water partition coefficient (Wildman–Crippen LogP) is 23.5. The molecule has 0 saturated carbocycles. The summed E-state index contributed by atoms with van der Waals surface area (Å²) in [6.45, 7) is 13.8. The highest BCUT2D eigenvalue weighted by atomic mass is 15.2. The molecule has 0 amide bonds. The molecule has 0 radical (unpaired) electrons. The van der Waals surface area contributed by atoms with Crippen LogP contribution in [-0.4, -0.2) is 11.3 Å². The maximum atomic E-state index is 2.75. The largest absolute Gasteiger partial charge is 0.311 e. The molecule has 1 aromatic heterocycles. The minimum Gasteiger partial charge on any atom is -0.311 e. The first-order valence-corrected chi connectivity index (χ1v) is 37.0. The van der Waals surface area contributed by atoms with E-state index in [-0.39, 0.29) is 17.5 Å². The minimum absolute atomic E-state index is 0.0849. The van der Waals surface area contributed by atoms with Gasteiger partial charge in [-0.15, -0.1) is 0 Å². The van der Waals surface area contributed by atoms with Crippen LogP contribution in [0.2, 0.25) is 0 Å². The molecule has 104 heavy (non-hydrogen) atoms. The number of fused-ring (bicyclic) bond motifs is 27. The van der Waals surface area contributed by atoms with Gasteiger partial charge in [-0.3, -0.25) is 0 Å². The van der Waals surface area contributed by atoms with Crippen molar-refractivity contribution in [3.63, 3.8) is 0 Å². The Morgan fingerprint density at radius 3 is 0.942 bits per heavy atom. The Bertz CT molecular complexity index is 5900. The molecule has 22 rings (SSSR count). The summed E-state index contributed by atoms with van der Waals surface area (Å²) in [4.78, 5) is 5.51. The van der Waals surface area contributed by atoms with E-state index < -0.39 is 10.8 Å². The van der Waals surface area contributed by atoms with E-state index in [1.54, 1.807) is 0 Å². The Balaban J connectivity index is 0.927. The van der Waals surface area contributed by atoms with Crippen LogP contribution < -0.4 is 26.2 Å². The van der Waals surface area contributed by atoms with E-state index >= 15 is 0 Å². The summed E-state index contributed by atoms with van der Waals surface area (Å²) in [5, 5.41) is 2.51. The third-order valence-corrected chi connectivity index (χ3v) is 24.5. The monoisotopic (exact) mass is 1330 g/mol. The zero-order chi connectivity index (χ0) is 69.3. The van der Waals surface area contributed by atoms with Gasteiger partial charge >= 0.3 is 0 Å². The lowest BCUT2D eigenvalue weighted by Gasteiger charge is -2.46. The molecular weight excluding hydrogens is 1250 g/mol. The minimum atomic E-state index is -0.665. The van der Waals surface area contributed by atoms with Crippen LogP contribution in [0.3, 0.4) is 0 Å². The molecule has 4 aliphatic carbocycles. The molecule has 0 atom stereocenters. The van der Waals surface area contributed by atoms with Gasteiger partial charge in [0.25, 0.3) is 6.71 Å². The van der Waals surface area contributed by atoms with Crippen LogP contribution in [0.1, 0.15) is 97.2 Å². The van der Waals surface area contributed by atoms with E-state index in [9.17, 15) is 0 Å². The molecule has 15 aromatic carbocycles. The van der Waals surface area contributed by atoms with Gasteiger partial charge in [0.15, 0.2) is 0 Å². The average Bonchev–Trinajstić information content (AvgIpc) is 1.64. The molecule has 490 valence electrons. The fourth-order valence-corrected chi connectivity index (χ4v) is 20.1. The predicted molar refractivity (Wildman–Crippen MR) is 436 cm³/mol. The molecular formula is C100H72BN3. The van der Waals surface area contributed by atoms with Crippen LogP contribution in [0.5, 0.6) is 0 Å². The lowest BCUT2D eigenvalue weighted by molar-refractivity contribution is 0.590. The molecule has 0 unspecified atom stereocenters. The summed E-state index contributed by atoms with van der Waals surface area (Å²) in [5.41, 5.74) is 40.7. The van der Waals surface area contributed by atoms with Crippen molar-refractivity contribution in [2.45, 2.75) is 63.2 Å². The van der Waals surface area contributed by atoms with Gasteiger partial charge < -0.3 is 14.4 Å². The van der Waals surface area contributed by atoms with Gasteiger partial charge in [0, 0.05) is 44.6 Å². The normalized spacial score (nSPS) is 14.5. The number of hydrogen-bond acceptors (Lipinski definition) is 2. The molecule has 0 fully saturated rings. The SMILES string of the molecule is CC(C)(C)c1ccc2c(c1)c1cc(C(C)(C)C)ccc1n2-c1cc2c3c(c1)N(c1cccc4c1C1(c5ccccc5-c5ccccc51)c1ccccc1-4)c1ccc(-c4ccccc4)cc1B3c1cc(-c3ccccc3)ccc1N2c1cccc2c1C1(c3ccccc3-c3ccccc31)c1ccccc1-2. The lowest BCUT2D eigenvalue weighted by Crippen LogP contribution is -2.61. The van der Waals surface area contributed by atoms with Gasteiger partial charge in [-0.2, -0.15) is 0 Å². The zero-order valence-electron chi connectivity index (χ0n) is 59.1. The van der Waals surface area contributed by atoms with Crippen molar-refractivity contribution in [1.29, 1.82) is 0 Å². The van der Waals surface area contributed by atoms with E-state index in [0.717, 1.165) is 39.8 Å². The van der Waals surface area contributed by atoms with Crippen molar-refractivity contribution in [3.05, 3.63) is 383 Å². The Hall–Kier alpha value is -12.2. The van der Waals surface area contributed by atoms with Crippen LogP contribution >= 0.6 is 0 Å². The van der Waals surface area contributed by atoms with E-state index in [1.807, 2.05) is 0 Å². The zero-order valence-corrected chi connectivity index (χ0v) is 59.1. The second-order valence-electron chi connectivity index (χ2n) is 31.8. The topological polar surface area (TPSA) is 11.4 Å². The molecule has 4 heteroatoms. The third-order valence-electron chi connectivity index (χ3n) is 24.5. The fourth-order valence-electron chi connectivity index (χ4n) is 20.1. The van der Waals surface area contributed by atoms with E-state index in [4.69, 9.17) is 0 Å². The summed E-state index contributed by atoms with van der Waals surface area (Å²) in [5.74, 6) is 0. The van der Waals surface area contributed by atoms with Gasteiger partial charge in [0.1, 0.15) is 0 Å². The molecule has 0 N–H and O–H groups in total. The second-order valence-corrected chi connectivity index (χ2v) is 31.8. The van der Waals surface area contributed by atoms with E-state index in [1.165, 1.54) is 161 Å². The summed E-state index contributed by atoms with van der Waals surface area (Å²) in [7, 11) is 0. The van der Waals surface area contributed by atoms with Gasteiger partial charge in [-0.05, 0) is 199 Å². The Labute approximate surface area is 608 Å². The highest BCUT2D eigenvalue weighted by Gasteiger charge is 2.57. The number of hydrogen-bond donors (Lipinski definition) is 0. The van der Waals surface area contributed by atoms with Gasteiger partial charge in [-0.25, -0.2) is 0 Å². The number of aromatic nitrogens is 1. The summed E-state index contributed by atoms with van der Waals surface area (Å²) < 4.78 is 2.63. The third kappa shape index (κ3) is 7.77. The standard InChI is InChI=1S/C100H72BN3/c1-97(2,3)65-49-53-86-76(57-65)77-58-66(98(4,5)6)50-54-87(77)102(86)67-59-92-96-93(60-67)104(91-46-26-38-75-73-36-18-24-44-83(73)100(95(75)91)80-41-21-15-33-70(80)71-34-16-22-42-81(71)100)89-52-48-64(62-29-11-8-12-30-62)56-85(89)101(96)84-55-63(61-27-9-7-10-28-61)47-51-88(84)103(92)90-45-25-37-74-72-35-17-23-43-82(72)99(94(74)90)78-39-19-13-31-68(78)69-32-14-20-40-79(69)99/h7-60H,1-6H3. The molecule has 3 heterocycles. The molecule has 3 nitrogen and oxygen atoms in total. The van der Waals surface area contributed by atoms with Crippen LogP contribution in [0.4, 0.5) is 34.1 Å². The molecule has 0 bridgehead atoms. The highest BCUT2D eigenvalue weighted by Crippen LogP contribution is 2.68. The van der Waals surface area contributed by atoms with Crippen molar-refractivity contribution in [2.24, 2.45) is 0 Å². The smallest absolute Gasteiger partial charge is 0.252 e. The van der Waals surface area contributed by atoms with Crippen molar-refractivity contribution in [1.82, 2.24) is 4.57 Å². The summed E-state index contributed by atoms with van der Waals surface area (Å²) in [6, 6.07) is 127. The molecule has 2 spiro atoms. The first kappa shape index (κ1) is 59.5. The number of rotatable bonds is 5. The van der Waals surface area contributed by atoms with Gasteiger partial charge in [-0.1, -0.05) is 308 Å². The molecule has 2 aliphatic heterocycles. The van der Waals surface area contributed by atoms with Crippen LogP contribution in [0.25, 0.3) is 94.3 Å². The Morgan fingerprint density at radius 1 is 0.260 bits per heavy atom. The van der Waals surface area contributed by atoms with Crippen LogP contribution in [0.15, 0.2) is 328 Å². The van der Waals surface area contributed by atoms with Crippen molar-refractivity contribution < 1.29 is 0 Å². The van der Waals surface area contributed by atoms with E-state index in [2.05, 4.69) is 383 Å². The Kier molecular flexibility index (Phi) is 12.1. The maximum absolute atomic E-state index is 2.75. The van der Waals surface area contributed by atoms with Crippen LogP contribution in [0, 0.1) is 0 Å². The fraction of sp³-hybridized carbons (Fsp3) is 0.100. The van der Waals surface area contributed by atoms with Gasteiger partial charge in [0.05, 0.1) is 38.9 Å². The maximum Gasteiger partial charge on any atom is 0.252 e. The average molecular weight is 1330 g/mol. The molecule has 16 aromatic rings. The Morgan fingerprint density at radius 2 is 0.587 bits per heavy atom. The van der Waals surface area contributed by atoms with Crippen molar-refractivity contribution in [3.8, 4) is 72.4 Å². The lowest BCUT2D eigenvalue weighted by atomic mass is 9.33. The van der Waals surface area contributed by atoms with Gasteiger partial charge in [0.2, 0.25) is 0 Å². The van der Waals surface area contributed by atoms with Crippen LogP contribution in [-0.2, 0) is 21.7 Å². The summed E-state index contributed by atoms with van der Waals surface area (Å²) in [6.07, 6.45) is 0. The first-order valence-electron chi connectivity index (χ1n) is 37.0. The molecule has 6 aliphatic rings. The number of benzene rings is 15. The molecule has 0 saturated heterocycles. The second kappa shape index (κ2) is 21.2. The van der Waals surface area contributed by atoms with E-state index in [0.29, 0.717) is 0 Å².